The summed E-state index contributed by atoms with van der Waals surface area (Å²) >= 11 is 0. The molecule has 2 heteroatoms. The molecule has 0 saturated heterocycles. The minimum atomic E-state index is -0.0643. The molecule has 0 bridgehead atoms. The smallest absolute Gasteiger partial charge is 0.127 e. The van der Waals surface area contributed by atoms with Crippen molar-refractivity contribution in [3.05, 3.63) is 34.6 Å². The maximum absolute atomic E-state index is 13.6. The van der Waals surface area contributed by atoms with E-state index in [0.29, 0.717) is 12.6 Å². The Labute approximate surface area is 90.7 Å². The number of aryl methyl sites for hydroxylation is 2. The third-order valence-corrected chi connectivity index (χ3v) is 3.04. The van der Waals surface area contributed by atoms with E-state index in [4.69, 9.17) is 0 Å². The van der Waals surface area contributed by atoms with Crippen molar-refractivity contribution in [3.63, 3.8) is 0 Å². The molecule has 1 aliphatic carbocycles. The molecular weight excluding hydrogens is 189 g/mol. The molecule has 0 aromatic heterocycles. The fraction of sp³-hybridized carbons (Fsp3) is 0.538. The highest BCUT2D eigenvalue weighted by molar-refractivity contribution is 5.32. The maximum Gasteiger partial charge on any atom is 0.127 e. The van der Waals surface area contributed by atoms with Gasteiger partial charge in [0.15, 0.2) is 0 Å². The molecule has 1 aliphatic rings. The highest BCUT2D eigenvalue weighted by atomic mass is 19.1. The third kappa shape index (κ3) is 2.57. The first kappa shape index (κ1) is 10.6. The van der Waals surface area contributed by atoms with Crippen LogP contribution in [-0.4, -0.2) is 6.04 Å². The molecule has 0 atom stereocenters. The summed E-state index contributed by atoms with van der Waals surface area (Å²) in [6.07, 6.45) is 3.39. The van der Waals surface area contributed by atoms with E-state index >= 15 is 0 Å². The zero-order valence-corrected chi connectivity index (χ0v) is 9.44. The summed E-state index contributed by atoms with van der Waals surface area (Å²) in [5.41, 5.74) is 3.12. The first-order chi connectivity index (χ1) is 7.20. The van der Waals surface area contributed by atoms with E-state index in [1.807, 2.05) is 6.07 Å². The van der Waals surface area contributed by atoms with E-state index in [0.717, 1.165) is 17.5 Å². The first-order valence-corrected chi connectivity index (χ1v) is 5.72. The van der Waals surface area contributed by atoms with Crippen LogP contribution in [0.25, 0.3) is 0 Å². The fourth-order valence-corrected chi connectivity index (χ4v) is 1.84. The molecule has 0 aliphatic heterocycles. The molecule has 0 heterocycles. The maximum atomic E-state index is 13.6. The second kappa shape index (κ2) is 4.31. The normalized spacial score (nSPS) is 15.7. The van der Waals surface area contributed by atoms with Gasteiger partial charge < -0.3 is 5.32 Å². The van der Waals surface area contributed by atoms with Crippen LogP contribution < -0.4 is 5.32 Å². The molecule has 2 rings (SSSR count). The van der Waals surface area contributed by atoms with Crippen molar-refractivity contribution in [2.45, 2.75) is 45.7 Å². The van der Waals surface area contributed by atoms with Crippen LogP contribution in [0, 0.1) is 12.7 Å². The lowest BCUT2D eigenvalue weighted by molar-refractivity contribution is 0.584. The summed E-state index contributed by atoms with van der Waals surface area (Å²) < 4.78 is 13.6. The molecule has 15 heavy (non-hydrogen) atoms. The SMILES string of the molecule is CCc1cc(F)c(CNC2CC2)cc1C. The average molecular weight is 207 g/mol. The van der Waals surface area contributed by atoms with Crippen molar-refractivity contribution < 1.29 is 4.39 Å². The monoisotopic (exact) mass is 207 g/mol. The Morgan fingerprint density at radius 3 is 2.67 bits per heavy atom. The molecule has 1 N–H and O–H groups in total. The topological polar surface area (TPSA) is 12.0 Å². The van der Waals surface area contributed by atoms with Crippen LogP contribution in [0.15, 0.2) is 12.1 Å². The summed E-state index contributed by atoms with van der Waals surface area (Å²) in [5, 5.41) is 3.34. The van der Waals surface area contributed by atoms with Gasteiger partial charge in [0, 0.05) is 18.2 Å². The van der Waals surface area contributed by atoms with Crippen molar-refractivity contribution in [2.75, 3.05) is 0 Å². The zero-order chi connectivity index (χ0) is 10.8. The van der Waals surface area contributed by atoms with Gasteiger partial charge in [0.2, 0.25) is 0 Å². The summed E-state index contributed by atoms with van der Waals surface area (Å²) in [5.74, 6) is -0.0643. The van der Waals surface area contributed by atoms with Gasteiger partial charge in [0.25, 0.3) is 0 Å². The Morgan fingerprint density at radius 2 is 2.07 bits per heavy atom. The Bertz CT molecular complexity index is 356. The minimum absolute atomic E-state index is 0.0643. The molecule has 0 radical (unpaired) electrons. The van der Waals surface area contributed by atoms with Gasteiger partial charge >= 0.3 is 0 Å². The van der Waals surface area contributed by atoms with Gasteiger partial charge in [-0.1, -0.05) is 13.0 Å². The Morgan fingerprint density at radius 1 is 1.33 bits per heavy atom. The quantitative estimate of drug-likeness (QED) is 0.800. The van der Waals surface area contributed by atoms with Crippen LogP contribution in [0.1, 0.15) is 36.5 Å². The van der Waals surface area contributed by atoms with Crippen LogP contribution in [-0.2, 0) is 13.0 Å². The molecule has 0 amide bonds. The predicted molar refractivity (Wildman–Crippen MR) is 60.4 cm³/mol. The lowest BCUT2D eigenvalue weighted by atomic mass is 10.0. The molecule has 1 aromatic carbocycles. The van der Waals surface area contributed by atoms with Crippen LogP contribution in [0.5, 0.6) is 0 Å². The molecule has 1 fully saturated rings. The second-order valence-corrected chi connectivity index (χ2v) is 4.38. The van der Waals surface area contributed by atoms with E-state index in [9.17, 15) is 4.39 Å². The largest absolute Gasteiger partial charge is 0.310 e. The molecule has 0 unspecified atom stereocenters. The van der Waals surface area contributed by atoms with E-state index < -0.39 is 0 Å². The highest BCUT2D eigenvalue weighted by Crippen LogP contribution is 2.21. The average Bonchev–Trinajstić information content (AvgIpc) is 3.02. The number of halogens is 1. The standard InChI is InChI=1S/C13H18FN/c1-3-10-7-13(14)11(6-9(10)2)8-15-12-4-5-12/h6-7,12,15H,3-5,8H2,1-2H3. The second-order valence-electron chi connectivity index (χ2n) is 4.38. The van der Waals surface area contributed by atoms with Crippen molar-refractivity contribution >= 4 is 0 Å². The van der Waals surface area contributed by atoms with Crippen LogP contribution in [0.2, 0.25) is 0 Å². The number of hydrogen-bond donors (Lipinski definition) is 1. The van der Waals surface area contributed by atoms with Crippen molar-refractivity contribution in [1.82, 2.24) is 5.32 Å². The van der Waals surface area contributed by atoms with Gasteiger partial charge in [-0.25, -0.2) is 4.39 Å². The van der Waals surface area contributed by atoms with E-state index in [2.05, 4.69) is 19.2 Å². The molecule has 1 nitrogen and oxygen atoms in total. The van der Waals surface area contributed by atoms with Crippen molar-refractivity contribution in [2.24, 2.45) is 0 Å². The fourth-order valence-electron chi connectivity index (χ4n) is 1.84. The van der Waals surface area contributed by atoms with Gasteiger partial charge in [-0.2, -0.15) is 0 Å². The van der Waals surface area contributed by atoms with E-state index in [1.54, 1.807) is 6.07 Å². The Kier molecular flexibility index (Phi) is 3.06. The molecule has 1 saturated carbocycles. The number of hydrogen-bond acceptors (Lipinski definition) is 1. The molecule has 1 aromatic rings. The van der Waals surface area contributed by atoms with Crippen LogP contribution in [0.4, 0.5) is 4.39 Å². The summed E-state index contributed by atoms with van der Waals surface area (Å²) in [6.45, 7) is 4.78. The number of benzene rings is 1. The Hall–Kier alpha value is -0.890. The lowest BCUT2D eigenvalue weighted by Crippen LogP contribution is -2.16. The first-order valence-electron chi connectivity index (χ1n) is 5.72. The van der Waals surface area contributed by atoms with Crippen molar-refractivity contribution in [1.29, 1.82) is 0 Å². The number of rotatable bonds is 4. The molecular formula is C13H18FN. The van der Waals surface area contributed by atoms with Crippen molar-refractivity contribution in [3.8, 4) is 0 Å². The van der Waals surface area contributed by atoms with E-state index in [-0.39, 0.29) is 5.82 Å². The highest BCUT2D eigenvalue weighted by Gasteiger charge is 2.20. The zero-order valence-electron chi connectivity index (χ0n) is 9.44. The molecule has 0 spiro atoms. The lowest BCUT2D eigenvalue weighted by Gasteiger charge is -2.09. The van der Waals surface area contributed by atoms with Gasteiger partial charge in [-0.05, 0) is 43.4 Å². The van der Waals surface area contributed by atoms with Gasteiger partial charge in [0.05, 0.1) is 0 Å². The van der Waals surface area contributed by atoms with Gasteiger partial charge in [-0.3, -0.25) is 0 Å². The van der Waals surface area contributed by atoms with Crippen LogP contribution in [0.3, 0.4) is 0 Å². The molecule has 82 valence electrons. The third-order valence-electron chi connectivity index (χ3n) is 3.04. The van der Waals surface area contributed by atoms with Gasteiger partial charge in [0.1, 0.15) is 5.82 Å². The summed E-state index contributed by atoms with van der Waals surface area (Å²) in [6, 6.07) is 4.29. The minimum Gasteiger partial charge on any atom is -0.310 e. The number of nitrogens with one attached hydrogen (secondary N) is 1. The van der Waals surface area contributed by atoms with E-state index in [1.165, 1.54) is 18.4 Å². The summed E-state index contributed by atoms with van der Waals surface area (Å²) in [4.78, 5) is 0. The predicted octanol–water partition coefficient (Wildman–Crippen LogP) is 2.95. The van der Waals surface area contributed by atoms with Gasteiger partial charge in [-0.15, -0.1) is 0 Å². The summed E-state index contributed by atoms with van der Waals surface area (Å²) in [7, 11) is 0. The van der Waals surface area contributed by atoms with Crippen LogP contribution >= 0.6 is 0 Å². The Balaban J connectivity index is 2.11.